The number of ether oxygens (including phenoxy) is 1. The fourth-order valence-electron chi connectivity index (χ4n) is 2.27. The topological polar surface area (TPSA) is 26.2 Å². The summed E-state index contributed by atoms with van der Waals surface area (Å²) in [5.41, 5.74) is 1.36. The number of aryl methyl sites for hydroxylation is 1. The predicted octanol–water partition coefficient (Wildman–Crippen LogP) is 1.68. The number of nitrogens with zero attached hydrogens (tertiary/aromatic N) is 1. The molecule has 1 heterocycles. The van der Waals surface area contributed by atoms with Crippen molar-refractivity contribution in [3.8, 4) is 0 Å². The third kappa shape index (κ3) is 2.83. The standard InChI is InChI=1S/C12H20N2O/c1-14-6-5-10(9-14)8-13-11-3-4-12(7-11)15-2/h5-6,9,11-13H,3-4,7-8H2,1-2H3. The van der Waals surface area contributed by atoms with Crippen molar-refractivity contribution in [3.63, 3.8) is 0 Å². The lowest BCUT2D eigenvalue weighted by atomic mass is 10.2. The van der Waals surface area contributed by atoms with Gasteiger partial charge in [-0.1, -0.05) is 0 Å². The van der Waals surface area contributed by atoms with E-state index in [9.17, 15) is 0 Å². The van der Waals surface area contributed by atoms with Gasteiger partial charge in [-0.15, -0.1) is 0 Å². The SMILES string of the molecule is COC1CCC(NCc2ccn(C)c2)C1. The molecule has 1 aromatic heterocycles. The quantitative estimate of drug-likeness (QED) is 0.815. The molecular formula is C12H20N2O. The molecule has 84 valence electrons. The van der Waals surface area contributed by atoms with Crippen molar-refractivity contribution in [2.24, 2.45) is 7.05 Å². The minimum atomic E-state index is 0.471. The summed E-state index contributed by atoms with van der Waals surface area (Å²) in [5.74, 6) is 0. The van der Waals surface area contributed by atoms with Crippen molar-refractivity contribution in [2.45, 2.75) is 38.0 Å². The van der Waals surface area contributed by atoms with Gasteiger partial charge in [0.2, 0.25) is 0 Å². The molecule has 0 aromatic carbocycles. The van der Waals surface area contributed by atoms with Gasteiger partial charge in [-0.3, -0.25) is 0 Å². The van der Waals surface area contributed by atoms with E-state index >= 15 is 0 Å². The number of nitrogens with one attached hydrogen (secondary N) is 1. The minimum absolute atomic E-state index is 0.471. The Bertz CT molecular complexity index is 308. The highest BCUT2D eigenvalue weighted by atomic mass is 16.5. The molecule has 1 saturated carbocycles. The second kappa shape index (κ2) is 4.81. The van der Waals surface area contributed by atoms with Crippen LogP contribution in [-0.4, -0.2) is 23.8 Å². The molecule has 2 unspecified atom stereocenters. The van der Waals surface area contributed by atoms with E-state index in [0.717, 1.165) is 13.0 Å². The first kappa shape index (κ1) is 10.7. The summed E-state index contributed by atoms with van der Waals surface area (Å²) in [6.07, 6.45) is 8.31. The average molecular weight is 208 g/mol. The van der Waals surface area contributed by atoms with Crippen LogP contribution in [0.1, 0.15) is 24.8 Å². The van der Waals surface area contributed by atoms with Gasteiger partial charge in [0, 0.05) is 39.1 Å². The summed E-state index contributed by atoms with van der Waals surface area (Å²) >= 11 is 0. The van der Waals surface area contributed by atoms with E-state index in [2.05, 4.69) is 35.4 Å². The number of methoxy groups -OCH3 is 1. The van der Waals surface area contributed by atoms with Crippen LogP contribution in [-0.2, 0) is 18.3 Å². The van der Waals surface area contributed by atoms with Gasteiger partial charge in [0.25, 0.3) is 0 Å². The first-order chi connectivity index (χ1) is 7.28. The highest BCUT2D eigenvalue weighted by molar-refractivity contribution is 5.09. The van der Waals surface area contributed by atoms with Crippen LogP contribution in [0.3, 0.4) is 0 Å². The summed E-state index contributed by atoms with van der Waals surface area (Å²) in [6.45, 7) is 0.974. The highest BCUT2D eigenvalue weighted by Crippen LogP contribution is 2.21. The van der Waals surface area contributed by atoms with Crippen LogP contribution in [0.25, 0.3) is 0 Å². The number of hydrogen-bond donors (Lipinski definition) is 1. The van der Waals surface area contributed by atoms with E-state index in [0.29, 0.717) is 12.1 Å². The fraction of sp³-hybridized carbons (Fsp3) is 0.667. The Kier molecular flexibility index (Phi) is 3.44. The molecule has 3 nitrogen and oxygen atoms in total. The molecule has 1 N–H and O–H groups in total. The van der Waals surface area contributed by atoms with Crippen LogP contribution in [0.5, 0.6) is 0 Å². The Morgan fingerprint density at radius 2 is 2.40 bits per heavy atom. The first-order valence-electron chi connectivity index (χ1n) is 5.65. The fourth-order valence-corrected chi connectivity index (χ4v) is 2.27. The maximum atomic E-state index is 5.35. The second-order valence-corrected chi connectivity index (χ2v) is 4.43. The summed E-state index contributed by atoms with van der Waals surface area (Å²) in [5, 5.41) is 3.58. The molecule has 0 radical (unpaired) electrons. The van der Waals surface area contributed by atoms with Gasteiger partial charge in [-0.25, -0.2) is 0 Å². The zero-order valence-electron chi connectivity index (χ0n) is 9.57. The Hall–Kier alpha value is -0.800. The molecule has 0 bridgehead atoms. The third-order valence-corrected chi connectivity index (χ3v) is 3.21. The molecule has 0 spiro atoms. The van der Waals surface area contributed by atoms with Crippen molar-refractivity contribution in [1.82, 2.24) is 9.88 Å². The van der Waals surface area contributed by atoms with Crippen LogP contribution >= 0.6 is 0 Å². The maximum absolute atomic E-state index is 5.35. The van der Waals surface area contributed by atoms with Gasteiger partial charge >= 0.3 is 0 Å². The lowest BCUT2D eigenvalue weighted by Gasteiger charge is -2.11. The summed E-state index contributed by atoms with van der Waals surface area (Å²) < 4.78 is 7.44. The maximum Gasteiger partial charge on any atom is 0.0586 e. The van der Waals surface area contributed by atoms with Gasteiger partial charge in [0.15, 0.2) is 0 Å². The molecule has 1 aliphatic carbocycles. The van der Waals surface area contributed by atoms with E-state index in [1.54, 1.807) is 0 Å². The summed E-state index contributed by atoms with van der Waals surface area (Å²) in [6, 6.07) is 2.80. The van der Waals surface area contributed by atoms with Crippen molar-refractivity contribution >= 4 is 0 Å². The van der Waals surface area contributed by atoms with E-state index in [-0.39, 0.29) is 0 Å². The van der Waals surface area contributed by atoms with Crippen LogP contribution in [0, 0.1) is 0 Å². The van der Waals surface area contributed by atoms with E-state index in [1.807, 2.05) is 7.11 Å². The highest BCUT2D eigenvalue weighted by Gasteiger charge is 2.23. The molecule has 2 atom stereocenters. The zero-order valence-corrected chi connectivity index (χ0v) is 9.57. The summed E-state index contributed by atoms with van der Waals surface area (Å²) in [4.78, 5) is 0. The smallest absolute Gasteiger partial charge is 0.0586 e. The Labute approximate surface area is 91.4 Å². The van der Waals surface area contributed by atoms with Crippen LogP contribution in [0.15, 0.2) is 18.5 Å². The molecule has 0 amide bonds. The molecule has 15 heavy (non-hydrogen) atoms. The normalized spacial score (nSPS) is 26.0. The third-order valence-electron chi connectivity index (χ3n) is 3.21. The number of rotatable bonds is 4. The molecule has 0 aliphatic heterocycles. The predicted molar refractivity (Wildman–Crippen MR) is 60.7 cm³/mol. The molecule has 1 fully saturated rings. The number of hydrogen-bond acceptors (Lipinski definition) is 2. The molecule has 1 aliphatic rings. The van der Waals surface area contributed by atoms with E-state index in [4.69, 9.17) is 4.74 Å². The second-order valence-electron chi connectivity index (χ2n) is 4.43. The Morgan fingerprint density at radius 3 is 3.00 bits per heavy atom. The monoisotopic (exact) mass is 208 g/mol. The molecule has 3 heteroatoms. The van der Waals surface area contributed by atoms with Gasteiger partial charge < -0.3 is 14.6 Å². The minimum Gasteiger partial charge on any atom is -0.381 e. The summed E-state index contributed by atoms with van der Waals surface area (Å²) in [7, 11) is 3.87. The molecule has 2 rings (SSSR count). The van der Waals surface area contributed by atoms with Crippen LogP contribution in [0.4, 0.5) is 0 Å². The van der Waals surface area contributed by atoms with Crippen LogP contribution in [0.2, 0.25) is 0 Å². The lowest BCUT2D eigenvalue weighted by molar-refractivity contribution is 0.107. The molecular weight excluding hydrogens is 188 g/mol. The van der Waals surface area contributed by atoms with E-state index < -0.39 is 0 Å². The van der Waals surface area contributed by atoms with Gasteiger partial charge in [0.05, 0.1) is 6.10 Å². The van der Waals surface area contributed by atoms with Crippen molar-refractivity contribution < 1.29 is 4.74 Å². The van der Waals surface area contributed by atoms with Crippen molar-refractivity contribution in [3.05, 3.63) is 24.0 Å². The van der Waals surface area contributed by atoms with Crippen molar-refractivity contribution in [1.29, 1.82) is 0 Å². The zero-order chi connectivity index (χ0) is 10.7. The molecule has 0 saturated heterocycles. The first-order valence-corrected chi connectivity index (χ1v) is 5.65. The Balaban J connectivity index is 1.75. The van der Waals surface area contributed by atoms with Crippen molar-refractivity contribution in [2.75, 3.05) is 7.11 Å². The van der Waals surface area contributed by atoms with Gasteiger partial charge in [-0.05, 0) is 30.9 Å². The van der Waals surface area contributed by atoms with E-state index in [1.165, 1.54) is 18.4 Å². The molecule has 1 aromatic rings. The van der Waals surface area contributed by atoms with Gasteiger partial charge in [0.1, 0.15) is 0 Å². The number of aromatic nitrogens is 1. The van der Waals surface area contributed by atoms with Gasteiger partial charge in [-0.2, -0.15) is 0 Å². The lowest BCUT2D eigenvalue weighted by Crippen LogP contribution is -2.26. The Morgan fingerprint density at radius 1 is 1.53 bits per heavy atom. The van der Waals surface area contributed by atoms with Crippen LogP contribution < -0.4 is 5.32 Å². The average Bonchev–Trinajstić information content (AvgIpc) is 2.83. The largest absolute Gasteiger partial charge is 0.381 e.